The molecule has 30 heavy (non-hydrogen) atoms. The Bertz CT molecular complexity index is 863. The van der Waals surface area contributed by atoms with Gasteiger partial charge in [-0.3, -0.25) is 14.6 Å². The van der Waals surface area contributed by atoms with Gasteiger partial charge in [0.05, 0.1) is 18.9 Å². The lowest BCUT2D eigenvalue weighted by Crippen LogP contribution is -2.40. The van der Waals surface area contributed by atoms with Crippen LogP contribution in [0.4, 0.5) is 0 Å². The van der Waals surface area contributed by atoms with Crippen LogP contribution >= 0.6 is 0 Å². The average Bonchev–Trinajstić information content (AvgIpc) is 3.38. The van der Waals surface area contributed by atoms with Crippen LogP contribution in [0.1, 0.15) is 36.0 Å². The Labute approximate surface area is 179 Å². The molecule has 162 valence electrons. The van der Waals surface area contributed by atoms with E-state index in [9.17, 15) is 0 Å². The molecule has 2 unspecified atom stereocenters. The predicted molar refractivity (Wildman–Crippen MR) is 119 cm³/mol. The van der Waals surface area contributed by atoms with E-state index in [4.69, 9.17) is 4.74 Å². The first-order valence-corrected chi connectivity index (χ1v) is 11.0. The molecule has 0 bridgehead atoms. The second-order valence-corrected chi connectivity index (χ2v) is 8.52. The number of aryl methyl sites for hydroxylation is 1. The van der Waals surface area contributed by atoms with Gasteiger partial charge in [-0.2, -0.15) is 5.10 Å². The van der Waals surface area contributed by atoms with Crippen LogP contribution in [0.25, 0.3) is 0 Å². The number of nitrogens with one attached hydrogen (secondary N) is 1. The maximum atomic E-state index is 5.66. The standard InChI is InChI=1S/C23H34N6O/c1-18-14-28(9-10-30-18)15-20-6-4-5-19(11-20)12-25-23(24-2)29-8-7-21(17-29)22-13-26-27(3)16-22/h4-6,11,13,16,18,21H,7-10,12,14-15,17H2,1-3H3,(H,24,25). The number of hydrogen-bond donors (Lipinski definition) is 1. The molecule has 0 saturated carbocycles. The van der Waals surface area contributed by atoms with E-state index >= 15 is 0 Å². The van der Waals surface area contributed by atoms with E-state index in [1.807, 2.05) is 25.0 Å². The fourth-order valence-electron chi connectivity index (χ4n) is 4.52. The molecule has 2 fully saturated rings. The summed E-state index contributed by atoms with van der Waals surface area (Å²) < 4.78 is 7.54. The second kappa shape index (κ2) is 9.62. The molecule has 3 heterocycles. The van der Waals surface area contributed by atoms with Gasteiger partial charge >= 0.3 is 0 Å². The SMILES string of the molecule is CN=C(NCc1cccc(CN2CCOC(C)C2)c1)N1CCC(c2cnn(C)c2)C1. The number of hydrogen-bond acceptors (Lipinski definition) is 4. The van der Waals surface area contributed by atoms with Gasteiger partial charge in [0.15, 0.2) is 5.96 Å². The van der Waals surface area contributed by atoms with Crippen LogP contribution in [-0.2, 0) is 24.9 Å². The van der Waals surface area contributed by atoms with E-state index in [1.165, 1.54) is 16.7 Å². The topological polar surface area (TPSA) is 57.9 Å². The second-order valence-electron chi connectivity index (χ2n) is 8.52. The summed E-state index contributed by atoms with van der Waals surface area (Å²) in [6.45, 7) is 8.76. The first-order chi connectivity index (χ1) is 14.6. The maximum absolute atomic E-state index is 5.66. The van der Waals surface area contributed by atoms with E-state index in [0.29, 0.717) is 12.0 Å². The molecular weight excluding hydrogens is 376 g/mol. The van der Waals surface area contributed by atoms with Crippen LogP contribution in [0.15, 0.2) is 41.7 Å². The summed E-state index contributed by atoms with van der Waals surface area (Å²) in [4.78, 5) is 9.36. The number of guanidine groups is 1. The Morgan fingerprint density at radius 1 is 1.27 bits per heavy atom. The van der Waals surface area contributed by atoms with Crippen LogP contribution in [0.3, 0.4) is 0 Å². The highest BCUT2D eigenvalue weighted by molar-refractivity contribution is 5.80. The maximum Gasteiger partial charge on any atom is 0.193 e. The molecule has 2 aromatic rings. The van der Waals surface area contributed by atoms with Crippen molar-refractivity contribution in [1.29, 1.82) is 0 Å². The fourth-order valence-corrected chi connectivity index (χ4v) is 4.52. The lowest BCUT2D eigenvalue weighted by Gasteiger charge is -2.31. The molecule has 2 saturated heterocycles. The van der Waals surface area contributed by atoms with Gasteiger partial charge < -0.3 is 15.0 Å². The average molecular weight is 411 g/mol. The van der Waals surface area contributed by atoms with Crippen LogP contribution < -0.4 is 5.32 Å². The van der Waals surface area contributed by atoms with Crippen LogP contribution in [0.5, 0.6) is 0 Å². The minimum absolute atomic E-state index is 0.322. The van der Waals surface area contributed by atoms with E-state index in [1.54, 1.807) is 0 Å². The predicted octanol–water partition coefficient (Wildman–Crippen LogP) is 2.21. The molecule has 0 radical (unpaired) electrons. The van der Waals surface area contributed by atoms with E-state index < -0.39 is 0 Å². The van der Waals surface area contributed by atoms with Crippen LogP contribution in [-0.4, -0.2) is 71.5 Å². The van der Waals surface area contributed by atoms with Gasteiger partial charge in [0.1, 0.15) is 0 Å². The fraction of sp³-hybridized carbons (Fsp3) is 0.565. The summed E-state index contributed by atoms with van der Waals surface area (Å²) in [6.07, 6.45) is 5.58. The van der Waals surface area contributed by atoms with Gasteiger partial charge in [-0.25, -0.2) is 0 Å². The third-order valence-corrected chi connectivity index (χ3v) is 6.07. The van der Waals surface area contributed by atoms with Gasteiger partial charge in [-0.15, -0.1) is 0 Å². The summed E-state index contributed by atoms with van der Waals surface area (Å²) >= 11 is 0. The summed E-state index contributed by atoms with van der Waals surface area (Å²) in [7, 11) is 3.85. The third-order valence-electron chi connectivity index (χ3n) is 6.07. The monoisotopic (exact) mass is 410 g/mol. The number of benzene rings is 1. The molecule has 1 aromatic heterocycles. The van der Waals surface area contributed by atoms with Crippen molar-refractivity contribution < 1.29 is 4.74 Å². The molecule has 0 amide bonds. The highest BCUT2D eigenvalue weighted by atomic mass is 16.5. The lowest BCUT2D eigenvalue weighted by atomic mass is 10.0. The zero-order valence-corrected chi connectivity index (χ0v) is 18.4. The number of aromatic nitrogens is 2. The largest absolute Gasteiger partial charge is 0.376 e. The van der Waals surface area contributed by atoms with Crippen LogP contribution in [0, 0.1) is 0 Å². The minimum Gasteiger partial charge on any atom is -0.376 e. The summed E-state index contributed by atoms with van der Waals surface area (Å²) in [5, 5.41) is 7.89. The zero-order valence-electron chi connectivity index (χ0n) is 18.4. The van der Waals surface area contributed by atoms with Crippen molar-refractivity contribution in [2.24, 2.45) is 12.0 Å². The van der Waals surface area contributed by atoms with Crippen molar-refractivity contribution >= 4 is 5.96 Å². The zero-order chi connectivity index (χ0) is 20.9. The molecule has 0 spiro atoms. The molecular formula is C23H34N6O. The highest BCUT2D eigenvalue weighted by Crippen LogP contribution is 2.26. The molecule has 2 aliphatic heterocycles. The van der Waals surface area contributed by atoms with Crippen molar-refractivity contribution in [1.82, 2.24) is 24.9 Å². The van der Waals surface area contributed by atoms with Gasteiger partial charge in [0.2, 0.25) is 0 Å². The molecule has 7 nitrogen and oxygen atoms in total. The first-order valence-electron chi connectivity index (χ1n) is 11.0. The first kappa shape index (κ1) is 20.9. The van der Waals surface area contributed by atoms with Gasteiger partial charge in [0, 0.05) is 65.5 Å². The molecule has 4 rings (SSSR count). The molecule has 0 aliphatic carbocycles. The lowest BCUT2D eigenvalue weighted by molar-refractivity contribution is -0.0212. The Morgan fingerprint density at radius 2 is 2.13 bits per heavy atom. The quantitative estimate of drug-likeness (QED) is 0.605. The molecule has 7 heteroatoms. The number of ether oxygens (including phenoxy) is 1. The Morgan fingerprint density at radius 3 is 2.90 bits per heavy atom. The van der Waals surface area contributed by atoms with Crippen molar-refractivity contribution in [2.75, 3.05) is 39.8 Å². The number of nitrogens with zero attached hydrogens (tertiary/aromatic N) is 5. The smallest absolute Gasteiger partial charge is 0.193 e. The number of likely N-dealkylation sites (tertiary alicyclic amines) is 1. The molecule has 2 aliphatic rings. The van der Waals surface area contributed by atoms with Crippen molar-refractivity contribution in [2.45, 2.75) is 38.5 Å². The Kier molecular flexibility index (Phi) is 6.69. The number of rotatable bonds is 5. The summed E-state index contributed by atoms with van der Waals surface area (Å²) in [5.74, 6) is 1.50. The van der Waals surface area contributed by atoms with Crippen molar-refractivity contribution in [3.05, 3.63) is 53.3 Å². The summed E-state index contributed by atoms with van der Waals surface area (Å²) in [5.41, 5.74) is 3.97. The van der Waals surface area contributed by atoms with E-state index in [0.717, 1.165) is 58.3 Å². The molecule has 1 N–H and O–H groups in total. The van der Waals surface area contributed by atoms with E-state index in [2.05, 4.69) is 62.6 Å². The van der Waals surface area contributed by atoms with Crippen molar-refractivity contribution in [3.63, 3.8) is 0 Å². The third kappa shape index (κ3) is 5.21. The van der Waals surface area contributed by atoms with Gasteiger partial charge in [-0.1, -0.05) is 24.3 Å². The molecule has 1 aromatic carbocycles. The van der Waals surface area contributed by atoms with Crippen LogP contribution in [0.2, 0.25) is 0 Å². The highest BCUT2D eigenvalue weighted by Gasteiger charge is 2.26. The number of aliphatic imine (C=N–C) groups is 1. The van der Waals surface area contributed by atoms with Gasteiger partial charge in [-0.05, 0) is 30.0 Å². The minimum atomic E-state index is 0.322. The van der Waals surface area contributed by atoms with Gasteiger partial charge in [0.25, 0.3) is 0 Å². The van der Waals surface area contributed by atoms with E-state index in [-0.39, 0.29) is 0 Å². The Hall–Kier alpha value is -2.38. The Balaban J connectivity index is 1.31. The normalized spacial score (nSPS) is 23.2. The van der Waals surface area contributed by atoms with Crippen molar-refractivity contribution in [3.8, 4) is 0 Å². The molecule has 2 atom stereocenters. The summed E-state index contributed by atoms with van der Waals surface area (Å²) in [6, 6.07) is 8.88. The number of morpholine rings is 1.